The van der Waals surface area contributed by atoms with E-state index in [4.69, 9.17) is 21.6 Å². The first-order valence-corrected chi connectivity index (χ1v) is 9.08. The third-order valence-corrected chi connectivity index (χ3v) is 3.66. The van der Waals surface area contributed by atoms with Crippen LogP contribution >= 0.6 is 0 Å². The van der Waals surface area contributed by atoms with E-state index in [9.17, 15) is 19.2 Å². The van der Waals surface area contributed by atoms with Crippen molar-refractivity contribution in [3.05, 3.63) is 35.4 Å². The maximum absolute atomic E-state index is 12.5. The molecule has 4 N–H and O–H groups in total. The van der Waals surface area contributed by atoms with E-state index < -0.39 is 46.7 Å². The number of benzene rings is 1. The van der Waals surface area contributed by atoms with E-state index in [-0.39, 0.29) is 24.0 Å². The van der Waals surface area contributed by atoms with Gasteiger partial charge in [0.15, 0.2) is 23.2 Å². The first kappa shape index (κ1) is 24.2. The van der Waals surface area contributed by atoms with Crippen LogP contribution in [0.5, 0.6) is 0 Å². The van der Waals surface area contributed by atoms with Crippen LogP contribution in [-0.2, 0) is 19.1 Å². The fourth-order valence-electron chi connectivity index (χ4n) is 2.22. The Labute approximate surface area is 172 Å². The predicted octanol–water partition coefficient (Wildman–Crippen LogP) is 2.73. The Morgan fingerprint density at radius 1 is 0.700 bits per heavy atom. The molecule has 0 atom stereocenters. The lowest BCUT2D eigenvalue weighted by Crippen LogP contribution is -2.31. The van der Waals surface area contributed by atoms with Gasteiger partial charge in [-0.2, -0.15) is 0 Å². The van der Waals surface area contributed by atoms with Crippen LogP contribution in [0.2, 0.25) is 0 Å². The zero-order valence-electron chi connectivity index (χ0n) is 16.6. The van der Waals surface area contributed by atoms with Crippen molar-refractivity contribution in [3.8, 4) is 0 Å². The van der Waals surface area contributed by atoms with Gasteiger partial charge in [-0.3, -0.25) is 31.2 Å². The zero-order valence-corrected chi connectivity index (χ0v) is 16.6. The minimum absolute atomic E-state index is 0.147. The molecule has 10 nitrogen and oxygen atoms in total. The molecule has 0 aliphatic carbocycles. The van der Waals surface area contributed by atoms with Gasteiger partial charge in [0, 0.05) is 24.0 Å². The standard InChI is InChI=1S/C20H22N4O6/c1-3-7-13(21)29-19(27)15(23)17(25)11-9-5-6-10-12(11)18(26)16(24)20(28)30-14(22)8-4-2/h5-6,9-10,21-24H,3-4,7-8H2,1-2H3. The number of rotatable bonds is 10. The van der Waals surface area contributed by atoms with Gasteiger partial charge in [-0.25, -0.2) is 9.59 Å². The molecule has 30 heavy (non-hydrogen) atoms. The van der Waals surface area contributed by atoms with Gasteiger partial charge < -0.3 is 9.47 Å². The lowest BCUT2D eigenvalue weighted by Gasteiger charge is -2.10. The Morgan fingerprint density at radius 3 is 1.33 bits per heavy atom. The summed E-state index contributed by atoms with van der Waals surface area (Å²) >= 11 is 0. The quantitative estimate of drug-likeness (QED) is 0.150. The van der Waals surface area contributed by atoms with Crippen LogP contribution in [0.3, 0.4) is 0 Å². The van der Waals surface area contributed by atoms with Crippen LogP contribution in [0, 0.1) is 21.6 Å². The van der Waals surface area contributed by atoms with E-state index >= 15 is 0 Å². The number of nitrogens with one attached hydrogen (secondary N) is 4. The van der Waals surface area contributed by atoms with Gasteiger partial charge in [-0.1, -0.05) is 38.1 Å². The molecular weight excluding hydrogens is 392 g/mol. The third kappa shape index (κ3) is 6.36. The van der Waals surface area contributed by atoms with E-state index in [1.807, 2.05) is 0 Å². The van der Waals surface area contributed by atoms with Gasteiger partial charge >= 0.3 is 11.9 Å². The van der Waals surface area contributed by atoms with Crippen molar-refractivity contribution in [3.63, 3.8) is 0 Å². The van der Waals surface area contributed by atoms with Crippen LogP contribution < -0.4 is 0 Å². The number of hydrogen-bond donors (Lipinski definition) is 4. The van der Waals surface area contributed by atoms with Gasteiger partial charge in [-0.05, 0) is 12.8 Å². The van der Waals surface area contributed by atoms with Crippen LogP contribution in [0.4, 0.5) is 0 Å². The molecular formula is C20H22N4O6. The smallest absolute Gasteiger partial charge is 0.366 e. The minimum Gasteiger partial charge on any atom is -0.407 e. The molecule has 0 saturated heterocycles. The first-order valence-electron chi connectivity index (χ1n) is 9.08. The lowest BCUT2D eigenvalue weighted by atomic mass is 9.95. The molecule has 0 bridgehead atoms. The molecule has 0 amide bonds. The number of carbonyl (C=O) groups excluding carboxylic acids is 4. The Balaban J connectivity index is 3.06. The maximum atomic E-state index is 12.5. The summed E-state index contributed by atoms with van der Waals surface area (Å²) in [6, 6.07) is 5.07. The monoisotopic (exact) mass is 414 g/mol. The predicted molar refractivity (Wildman–Crippen MR) is 108 cm³/mol. The summed E-state index contributed by atoms with van der Waals surface area (Å²) in [6.45, 7) is 3.51. The first-order chi connectivity index (χ1) is 14.1. The zero-order chi connectivity index (χ0) is 22.8. The number of esters is 2. The number of Topliss-reactive ketones (excluding diaryl/α,β-unsaturated/α-hetero) is 2. The van der Waals surface area contributed by atoms with E-state index in [2.05, 4.69) is 9.47 Å². The summed E-state index contributed by atoms with van der Waals surface area (Å²) in [7, 11) is 0. The number of hydrogen-bond acceptors (Lipinski definition) is 10. The Bertz CT molecular complexity index is 860. The highest BCUT2D eigenvalue weighted by Gasteiger charge is 2.30. The molecule has 158 valence electrons. The molecule has 0 aromatic heterocycles. The lowest BCUT2D eigenvalue weighted by molar-refractivity contribution is -0.129. The van der Waals surface area contributed by atoms with Gasteiger partial charge in [0.05, 0.1) is 0 Å². The third-order valence-electron chi connectivity index (χ3n) is 3.66. The van der Waals surface area contributed by atoms with Gasteiger partial charge in [0.25, 0.3) is 0 Å². The normalized spacial score (nSPS) is 9.93. The molecule has 10 heteroatoms. The molecule has 0 fully saturated rings. The van der Waals surface area contributed by atoms with E-state index in [0.717, 1.165) is 12.1 Å². The van der Waals surface area contributed by atoms with Crippen LogP contribution in [0.1, 0.15) is 60.2 Å². The highest BCUT2D eigenvalue weighted by Crippen LogP contribution is 2.13. The number of ether oxygens (including phenoxy) is 2. The molecule has 0 unspecified atom stereocenters. The summed E-state index contributed by atoms with van der Waals surface area (Å²) < 4.78 is 9.24. The highest BCUT2D eigenvalue weighted by atomic mass is 16.5. The van der Waals surface area contributed by atoms with Crippen molar-refractivity contribution >= 4 is 46.7 Å². The van der Waals surface area contributed by atoms with Gasteiger partial charge in [-0.15, -0.1) is 0 Å². The molecule has 0 spiro atoms. The van der Waals surface area contributed by atoms with E-state index in [1.165, 1.54) is 12.1 Å². The largest absolute Gasteiger partial charge is 0.407 e. The average molecular weight is 414 g/mol. The van der Waals surface area contributed by atoms with Crippen LogP contribution in [0.15, 0.2) is 24.3 Å². The molecule has 0 heterocycles. The minimum atomic E-state index is -1.34. The Kier molecular flexibility index (Phi) is 9.08. The van der Waals surface area contributed by atoms with Crippen molar-refractivity contribution in [2.24, 2.45) is 0 Å². The van der Waals surface area contributed by atoms with E-state index in [0.29, 0.717) is 12.8 Å². The topological polar surface area (TPSA) is 182 Å². The molecule has 1 aromatic carbocycles. The fraction of sp³-hybridized carbons (Fsp3) is 0.300. The molecule has 0 aliphatic rings. The summed E-state index contributed by atoms with van der Waals surface area (Å²) in [5.74, 6) is -5.81. The van der Waals surface area contributed by atoms with Crippen molar-refractivity contribution in [2.75, 3.05) is 0 Å². The summed E-state index contributed by atoms with van der Waals surface area (Å²) in [6.07, 6.45) is 1.35. The number of ketones is 2. The second kappa shape index (κ2) is 11.2. The summed E-state index contributed by atoms with van der Waals surface area (Å²) in [4.78, 5) is 48.9. The van der Waals surface area contributed by atoms with Crippen molar-refractivity contribution < 1.29 is 28.7 Å². The van der Waals surface area contributed by atoms with Crippen molar-refractivity contribution in [1.29, 1.82) is 21.6 Å². The van der Waals surface area contributed by atoms with Gasteiger partial charge in [0.2, 0.25) is 11.6 Å². The SMILES string of the molecule is CCCC(=N)OC(=O)C(=N)C(=O)c1ccccc1C(=O)C(=N)C(=O)OC(=N)CCC. The van der Waals surface area contributed by atoms with Gasteiger partial charge in [0.1, 0.15) is 0 Å². The average Bonchev–Trinajstić information content (AvgIpc) is 2.71. The molecule has 1 rings (SSSR count). The Hall–Kier alpha value is -3.82. The molecule has 0 radical (unpaired) electrons. The highest BCUT2D eigenvalue weighted by molar-refractivity contribution is 6.70. The van der Waals surface area contributed by atoms with Crippen LogP contribution in [0.25, 0.3) is 0 Å². The summed E-state index contributed by atoms with van der Waals surface area (Å²) in [5, 5.41) is 30.4. The maximum Gasteiger partial charge on any atom is 0.366 e. The number of carbonyl (C=O) groups is 4. The summed E-state index contributed by atoms with van der Waals surface area (Å²) in [5.41, 5.74) is -2.97. The Morgan fingerprint density at radius 2 is 1.03 bits per heavy atom. The molecule has 1 aromatic rings. The molecule has 0 aliphatic heterocycles. The van der Waals surface area contributed by atoms with E-state index in [1.54, 1.807) is 13.8 Å². The van der Waals surface area contributed by atoms with Crippen LogP contribution in [-0.4, -0.2) is 46.7 Å². The second-order valence-electron chi connectivity index (χ2n) is 6.08. The van der Waals surface area contributed by atoms with Crippen molar-refractivity contribution in [2.45, 2.75) is 39.5 Å². The van der Waals surface area contributed by atoms with Crippen molar-refractivity contribution in [1.82, 2.24) is 0 Å². The fourth-order valence-corrected chi connectivity index (χ4v) is 2.22. The second-order valence-corrected chi connectivity index (χ2v) is 6.08. The molecule has 0 saturated carbocycles.